The summed E-state index contributed by atoms with van der Waals surface area (Å²) in [4.78, 5) is 11.1. The molecule has 0 saturated carbocycles. The molecule has 1 aromatic rings. The first kappa shape index (κ1) is 12.5. The van der Waals surface area contributed by atoms with Crippen LogP contribution in [0.1, 0.15) is 12.5 Å². The molecule has 0 bridgehead atoms. The average Bonchev–Trinajstić information content (AvgIpc) is 2.35. The van der Waals surface area contributed by atoms with Gasteiger partial charge in [0.15, 0.2) is 0 Å². The second-order valence-corrected chi connectivity index (χ2v) is 3.54. The van der Waals surface area contributed by atoms with E-state index < -0.39 is 0 Å². The van der Waals surface area contributed by atoms with Crippen LogP contribution in [0.25, 0.3) is 0 Å². The Bertz CT molecular complexity index is 349. The second-order valence-electron chi connectivity index (χ2n) is 3.54. The Morgan fingerprint density at radius 2 is 2.25 bits per heavy atom. The molecule has 0 fully saturated rings. The Hall–Kier alpha value is -1.55. The lowest BCUT2D eigenvalue weighted by molar-refractivity contribution is -0.145. The van der Waals surface area contributed by atoms with E-state index in [0.717, 1.165) is 5.56 Å². The fourth-order valence-electron chi connectivity index (χ4n) is 1.22. The van der Waals surface area contributed by atoms with Gasteiger partial charge in [-0.15, -0.1) is 0 Å². The van der Waals surface area contributed by atoms with Crippen molar-refractivity contribution in [1.82, 2.24) is 0 Å². The Labute approximate surface area is 94.8 Å². The Balaban J connectivity index is 2.51. The minimum atomic E-state index is -0.303. The highest BCUT2D eigenvalue weighted by molar-refractivity contribution is 5.71. The van der Waals surface area contributed by atoms with Gasteiger partial charge in [-0.2, -0.15) is 0 Å². The monoisotopic (exact) mass is 224 g/mol. The van der Waals surface area contributed by atoms with E-state index in [2.05, 4.69) is 4.74 Å². The zero-order chi connectivity index (χ0) is 12.0. The lowest BCUT2D eigenvalue weighted by Gasteiger charge is -2.11. The maximum absolute atomic E-state index is 11.1. The van der Waals surface area contributed by atoms with E-state index in [1.807, 2.05) is 0 Å². The Morgan fingerprint density at radius 3 is 2.88 bits per heavy atom. The molecule has 0 heterocycles. The van der Waals surface area contributed by atoms with Crippen molar-refractivity contribution in [3.05, 3.63) is 29.8 Å². The molecule has 1 aromatic carbocycles. The van der Waals surface area contributed by atoms with E-state index in [-0.39, 0.29) is 25.1 Å². The van der Waals surface area contributed by atoms with Crippen LogP contribution >= 0.6 is 0 Å². The zero-order valence-electron chi connectivity index (χ0n) is 9.47. The lowest BCUT2D eigenvalue weighted by Crippen LogP contribution is -2.20. The second kappa shape index (κ2) is 6.12. The van der Waals surface area contributed by atoms with Crippen molar-refractivity contribution >= 4 is 5.97 Å². The third kappa shape index (κ3) is 3.55. The van der Waals surface area contributed by atoms with Gasteiger partial charge < -0.3 is 14.6 Å². The fourth-order valence-corrected chi connectivity index (χ4v) is 1.22. The van der Waals surface area contributed by atoms with Gasteiger partial charge in [-0.25, -0.2) is 0 Å². The molecule has 1 rings (SSSR count). The summed E-state index contributed by atoms with van der Waals surface area (Å²) in [7, 11) is 1.35. The zero-order valence-corrected chi connectivity index (χ0v) is 9.47. The molecule has 0 saturated heterocycles. The van der Waals surface area contributed by atoms with Gasteiger partial charge in [0.05, 0.1) is 19.6 Å². The minimum Gasteiger partial charge on any atom is -0.493 e. The first-order valence-electron chi connectivity index (χ1n) is 5.07. The molecule has 0 aromatic heterocycles. The first-order valence-corrected chi connectivity index (χ1v) is 5.07. The molecule has 0 aliphatic rings. The number of benzene rings is 1. The van der Waals surface area contributed by atoms with Gasteiger partial charge in [-0.1, -0.05) is 12.1 Å². The normalized spacial score (nSPS) is 11.9. The van der Waals surface area contributed by atoms with Gasteiger partial charge in [0.1, 0.15) is 12.4 Å². The molecule has 1 unspecified atom stereocenters. The third-order valence-electron chi connectivity index (χ3n) is 2.18. The highest BCUT2D eigenvalue weighted by Gasteiger charge is 2.13. The van der Waals surface area contributed by atoms with E-state index in [0.29, 0.717) is 5.75 Å². The standard InChI is InChI=1S/C12H16O4/c1-9(12(14)15-2)8-16-11-5-3-4-10(6-11)7-13/h3-6,9,13H,7-8H2,1-2H3. The van der Waals surface area contributed by atoms with Gasteiger partial charge in [0.25, 0.3) is 0 Å². The van der Waals surface area contributed by atoms with Crippen molar-refractivity contribution in [2.75, 3.05) is 13.7 Å². The molecule has 0 aliphatic heterocycles. The van der Waals surface area contributed by atoms with Crippen LogP contribution in [0.2, 0.25) is 0 Å². The van der Waals surface area contributed by atoms with E-state index in [9.17, 15) is 4.79 Å². The number of hydrogen-bond acceptors (Lipinski definition) is 4. The molecule has 1 atom stereocenters. The van der Waals surface area contributed by atoms with Crippen LogP contribution in [0, 0.1) is 5.92 Å². The summed E-state index contributed by atoms with van der Waals surface area (Å²) < 4.78 is 10.0. The van der Waals surface area contributed by atoms with Crippen LogP contribution in [0.5, 0.6) is 5.75 Å². The largest absolute Gasteiger partial charge is 0.493 e. The molecular weight excluding hydrogens is 208 g/mol. The summed E-state index contributed by atoms with van der Waals surface area (Å²) in [6.45, 7) is 1.98. The first-order chi connectivity index (χ1) is 7.67. The number of ether oxygens (including phenoxy) is 2. The van der Waals surface area contributed by atoms with E-state index in [4.69, 9.17) is 9.84 Å². The molecular formula is C12H16O4. The molecule has 4 nitrogen and oxygen atoms in total. The van der Waals surface area contributed by atoms with Gasteiger partial charge >= 0.3 is 5.97 Å². The summed E-state index contributed by atoms with van der Waals surface area (Å²) in [6.07, 6.45) is 0. The van der Waals surface area contributed by atoms with Gasteiger partial charge in [0.2, 0.25) is 0 Å². The minimum absolute atomic E-state index is 0.0241. The quantitative estimate of drug-likeness (QED) is 0.767. The summed E-state index contributed by atoms with van der Waals surface area (Å²) in [5.41, 5.74) is 0.781. The number of rotatable bonds is 5. The molecule has 1 N–H and O–H groups in total. The third-order valence-corrected chi connectivity index (χ3v) is 2.18. The van der Waals surface area contributed by atoms with Crippen molar-refractivity contribution in [2.24, 2.45) is 5.92 Å². The van der Waals surface area contributed by atoms with Gasteiger partial charge in [-0.3, -0.25) is 4.79 Å². The Morgan fingerprint density at radius 1 is 1.50 bits per heavy atom. The van der Waals surface area contributed by atoms with Crippen molar-refractivity contribution in [3.63, 3.8) is 0 Å². The molecule has 4 heteroatoms. The molecule has 16 heavy (non-hydrogen) atoms. The van der Waals surface area contributed by atoms with Crippen molar-refractivity contribution < 1.29 is 19.4 Å². The number of carbonyl (C=O) groups is 1. The van der Waals surface area contributed by atoms with Crippen LogP contribution < -0.4 is 4.74 Å². The molecule has 0 spiro atoms. The van der Waals surface area contributed by atoms with Crippen LogP contribution in [0.15, 0.2) is 24.3 Å². The van der Waals surface area contributed by atoms with Crippen LogP contribution in [-0.2, 0) is 16.1 Å². The lowest BCUT2D eigenvalue weighted by atomic mass is 10.2. The number of aliphatic hydroxyl groups excluding tert-OH is 1. The SMILES string of the molecule is COC(=O)C(C)COc1cccc(CO)c1. The van der Waals surface area contributed by atoms with Gasteiger partial charge in [-0.05, 0) is 24.6 Å². The summed E-state index contributed by atoms with van der Waals surface area (Å²) in [5, 5.41) is 8.94. The van der Waals surface area contributed by atoms with Gasteiger partial charge in [0, 0.05) is 0 Å². The highest BCUT2D eigenvalue weighted by Crippen LogP contribution is 2.14. The maximum atomic E-state index is 11.1. The van der Waals surface area contributed by atoms with Crippen LogP contribution in [0.4, 0.5) is 0 Å². The topological polar surface area (TPSA) is 55.8 Å². The summed E-state index contributed by atoms with van der Waals surface area (Å²) >= 11 is 0. The molecule has 0 aliphatic carbocycles. The maximum Gasteiger partial charge on any atom is 0.311 e. The molecule has 0 amide bonds. The Kier molecular flexibility index (Phi) is 4.79. The smallest absolute Gasteiger partial charge is 0.311 e. The van der Waals surface area contributed by atoms with Crippen molar-refractivity contribution in [2.45, 2.75) is 13.5 Å². The molecule has 0 radical (unpaired) electrons. The van der Waals surface area contributed by atoms with E-state index in [1.54, 1.807) is 31.2 Å². The number of esters is 1. The van der Waals surface area contributed by atoms with Crippen molar-refractivity contribution in [3.8, 4) is 5.75 Å². The average molecular weight is 224 g/mol. The highest BCUT2D eigenvalue weighted by atomic mass is 16.5. The molecule has 88 valence electrons. The predicted molar refractivity (Wildman–Crippen MR) is 59.0 cm³/mol. The van der Waals surface area contributed by atoms with E-state index in [1.165, 1.54) is 7.11 Å². The summed E-state index contributed by atoms with van der Waals surface area (Å²) in [6, 6.07) is 7.12. The van der Waals surface area contributed by atoms with Crippen LogP contribution in [-0.4, -0.2) is 24.8 Å². The number of methoxy groups -OCH3 is 1. The fraction of sp³-hybridized carbons (Fsp3) is 0.417. The number of hydrogen-bond donors (Lipinski definition) is 1. The number of aliphatic hydroxyl groups is 1. The summed E-state index contributed by atoms with van der Waals surface area (Å²) in [5.74, 6) is 0.0448. The number of carbonyl (C=O) groups excluding carboxylic acids is 1. The van der Waals surface area contributed by atoms with Crippen LogP contribution in [0.3, 0.4) is 0 Å². The van der Waals surface area contributed by atoms with Crippen molar-refractivity contribution in [1.29, 1.82) is 0 Å². The van der Waals surface area contributed by atoms with E-state index >= 15 is 0 Å². The predicted octanol–water partition coefficient (Wildman–Crippen LogP) is 1.37.